The maximum atomic E-state index is 4.25. The van der Waals surface area contributed by atoms with E-state index in [0.29, 0.717) is 11.5 Å². The minimum atomic E-state index is 0.382. The molecule has 4 rings (SSSR count). The third-order valence-corrected chi connectivity index (χ3v) is 7.31. The SMILES string of the molecule is CN1CCC[C@]1(C)CC1CSc2ccc(-c3cnsc3)cc21. The topological polar surface area (TPSA) is 16.1 Å². The molecule has 1 unspecified atom stereocenters. The Balaban J connectivity index is 1.62. The summed E-state index contributed by atoms with van der Waals surface area (Å²) in [7, 11) is 2.30. The van der Waals surface area contributed by atoms with Gasteiger partial charge in [-0.15, -0.1) is 11.8 Å². The molecule has 4 heteroatoms. The molecule has 1 aromatic carbocycles. The Morgan fingerprint density at radius 2 is 2.27 bits per heavy atom. The number of hydrogen-bond donors (Lipinski definition) is 0. The highest BCUT2D eigenvalue weighted by molar-refractivity contribution is 7.99. The van der Waals surface area contributed by atoms with E-state index < -0.39 is 0 Å². The lowest BCUT2D eigenvalue weighted by Crippen LogP contribution is -2.39. The van der Waals surface area contributed by atoms with Crippen molar-refractivity contribution in [2.24, 2.45) is 0 Å². The first-order valence-corrected chi connectivity index (χ1v) is 9.86. The molecule has 0 amide bonds. The molecule has 116 valence electrons. The highest BCUT2D eigenvalue weighted by atomic mass is 32.2. The molecule has 0 spiro atoms. The second-order valence-electron chi connectivity index (χ2n) is 6.90. The fourth-order valence-electron chi connectivity index (χ4n) is 3.92. The summed E-state index contributed by atoms with van der Waals surface area (Å²) < 4.78 is 4.25. The highest BCUT2D eigenvalue weighted by Gasteiger charge is 2.38. The fourth-order valence-corrected chi connectivity index (χ4v) is 5.70. The Hall–Kier alpha value is -0.840. The predicted octanol–water partition coefficient (Wildman–Crippen LogP) is 4.87. The fraction of sp³-hybridized carbons (Fsp3) is 0.500. The summed E-state index contributed by atoms with van der Waals surface area (Å²) in [6, 6.07) is 6.98. The van der Waals surface area contributed by atoms with Crippen molar-refractivity contribution < 1.29 is 0 Å². The van der Waals surface area contributed by atoms with Crippen molar-refractivity contribution in [2.45, 2.75) is 42.5 Å². The summed E-state index contributed by atoms with van der Waals surface area (Å²) in [4.78, 5) is 4.06. The van der Waals surface area contributed by atoms with Gasteiger partial charge in [0.25, 0.3) is 0 Å². The number of nitrogens with zero attached hydrogens (tertiary/aromatic N) is 2. The van der Waals surface area contributed by atoms with Crippen LogP contribution in [0.25, 0.3) is 11.1 Å². The molecule has 2 aromatic rings. The van der Waals surface area contributed by atoms with E-state index in [4.69, 9.17) is 0 Å². The molecule has 22 heavy (non-hydrogen) atoms. The van der Waals surface area contributed by atoms with Crippen molar-refractivity contribution in [3.63, 3.8) is 0 Å². The lowest BCUT2D eigenvalue weighted by atomic mass is 9.83. The second-order valence-corrected chi connectivity index (χ2v) is 8.62. The van der Waals surface area contributed by atoms with Gasteiger partial charge in [0, 0.05) is 33.3 Å². The maximum Gasteiger partial charge on any atom is 0.0485 e. The standard InChI is InChI=1S/C18H22N2S2/c1-18(6-3-7-20(18)2)9-14-11-21-17-5-4-13(8-16(14)17)15-10-19-22-12-15/h4-5,8,10,12,14H,3,6-7,9,11H2,1-2H3/t14?,18-/m1/s1. The molecule has 0 N–H and O–H groups in total. The van der Waals surface area contributed by atoms with Gasteiger partial charge in [-0.1, -0.05) is 6.07 Å². The summed E-state index contributed by atoms with van der Waals surface area (Å²) in [6.07, 6.45) is 5.96. The lowest BCUT2D eigenvalue weighted by Gasteiger charge is -2.34. The first-order valence-electron chi connectivity index (χ1n) is 8.03. The van der Waals surface area contributed by atoms with E-state index in [1.54, 1.807) is 5.56 Å². The zero-order valence-electron chi connectivity index (χ0n) is 13.2. The average Bonchev–Trinajstić information content (AvgIpc) is 3.22. The molecule has 0 aliphatic carbocycles. The number of thioether (sulfide) groups is 1. The lowest BCUT2D eigenvalue weighted by molar-refractivity contribution is 0.174. The molecule has 0 saturated carbocycles. The van der Waals surface area contributed by atoms with Gasteiger partial charge in [-0.2, -0.15) is 0 Å². The number of rotatable bonds is 3. The van der Waals surface area contributed by atoms with Crippen LogP contribution in [0.4, 0.5) is 0 Å². The molecule has 0 radical (unpaired) electrons. The summed E-state index contributed by atoms with van der Waals surface area (Å²) in [5, 5.41) is 2.14. The number of aromatic nitrogens is 1. The van der Waals surface area contributed by atoms with Gasteiger partial charge in [-0.05, 0) is 80.5 Å². The van der Waals surface area contributed by atoms with Gasteiger partial charge < -0.3 is 4.90 Å². The Morgan fingerprint density at radius 1 is 1.36 bits per heavy atom. The number of benzene rings is 1. The van der Waals surface area contributed by atoms with Crippen LogP contribution in [0, 0.1) is 0 Å². The molecule has 1 fully saturated rings. The summed E-state index contributed by atoms with van der Waals surface area (Å²) >= 11 is 3.57. The Kier molecular flexibility index (Phi) is 3.79. The van der Waals surface area contributed by atoms with E-state index in [1.807, 2.05) is 18.0 Å². The van der Waals surface area contributed by atoms with Gasteiger partial charge in [-0.3, -0.25) is 0 Å². The number of hydrogen-bond acceptors (Lipinski definition) is 4. The molecule has 1 aromatic heterocycles. The van der Waals surface area contributed by atoms with E-state index in [1.165, 1.54) is 59.1 Å². The molecule has 2 aliphatic rings. The van der Waals surface area contributed by atoms with Crippen LogP contribution in [0.5, 0.6) is 0 Å². The van der Waals surface area contributed by atoms with Crippen molar-refractivity contribution >= 4 is 23.3 Å². The third kappa shape index (κ3) is 2.51. The number of likely N-dealkylation sites (tertiary alicyclic amines) is 1. The molecule has 3 heterocycles. The Morgan fingerprint density at radius 3 is 3.00 bits per heavy atom. The zero-order chi connectivity index (χ0) is 15.2. The van der Waals surface area contributed by atoms with Crippen LogP contribution in [0.3, 0.4) is 0 Å². The molecular formula is C18H22N2S2. The highest BCUT2D eigenvalue weighted by Crippen LogP contribution is 2.47. The van der Waals surface area contributed by atoms with E-state index in [0.717, 1.165) is 0 Å². The Labute approximate surface area is 141 Å². The molecular weight excluding hydrogens is 308 g/mol. The number of fused-ring (bicyclic) bond motifs is 1. The van der Waals surface area contributed by atoms with Crippen molar-refractivity contribution in [2.75, 3.05) is 19.3 Å². The normalized spacial score (nSPS) is 28.2. The minimum absolute atomic E-state index is 0.382. The average molecular weight is 331 g/mol. The van der Waals surface area contributed by atoms with Crippen LogP contribution in [-0.2, 0) is 0 Å². The van der Waals surface area contributed by atoms with Crippen molar-refractivity contribution in [1.29, 1.82) is 0 Å². The quantitative estimate of drug-likeness (QED) is 0.798. The minimum Gasteiger partial charge on any atom is -0.301 e. The first kappa shape index (κ1) is 14.7. The Bertz CT molecular complexity index is 668. The van der Waals surface area contributed by atoms with Gasteiger partial charge in [0.15, 0.2) is 0 Å². The van der Waals surface area contributed by atoms with Crippen molar-refractivity contribution in [3.8, 4) is 11.1 Å². The van der Waals surface area contributed by atoms with Gasteiger partial charge in [0.1, 0.15) is 0 Å². The van der Waals surface area contributed by atoms with Crippen molar-refractivity contribution in [1.82, 2.24) is 9.27 Å². The summed E-state index contributed by atoms with van der Waals surface area (Å²) in [5.41, 5.74) is 4.53. The van der Waals surface area contributed by atoms with Crippen LogP contribution in [0.2, 0.25) is 0 Å². The van der Waals surface area contributed by atoms with Gasteiger partial charge >= 0.3 is 0 Å². The second kappa shape index (κ2) is 5.66. The van der Waals surface area contributed by atoms with E-state index in [2.05, 4.69) is 46.8 Å². The molecule has 2 nitrogen and oxygen atoms in total. The zero-order valence-corrected chi connectivity index (χ0v) is 14.8. The molecule has 2 aliphatic heterocycles. The van der Waals surface area contributed by atoms with Crippen LogP contribution in [0.15, 0.2) is 34.7 Å². The van der Waals surface area contributed by atoms with Gasteiger partial charge in [0.05, 0.1) is 0 Å². The largest absolute Gasteiger partial charge is 0.301 e. The van der Waals surface area contributed by atoms with Crippen LogP contribution in [-0.4, -0.2) is 34.2 Å². The summed E-state index contributed by atoms with van der Waals surface area (Å²) in [6.45, 7) is 3.71. The van der Waals surface area contributed by atoms with Crippen LogP contribution >= 0.6 is 23.3 Å². The van der Waals surface area contributed by atoms with Crippen LogP contribution < -0.4 is 0 Å². The maximum absolute atomic E-state index is 4.25. The molecule has 0 bridgehead atoms. The van der Waals surface area contributed by atoms with Crippen LogP contribution in [0.1, 0.15) is 37.7 Å². The predicted molar refractivity (Wildman–Crippen MR) is 95.9 cm³/mol. The van der Waals surface area contributed by atoms with E-state index >= 15 is 0 Å². The smallest absolute Gasteiger partial charge is 0.0485 e. The first-order chi connectivity index (χ1) is 10.7. The van der Waals surface area contributed by atoms with Gasteiger partial charge in [0.2, 0.25) is 0 Å². The van der Waals surface area contributed by atoms with Gasteiger partial charge in [-0.25, -0.2) is 4.37 Å². The molecule has 1 saturated heterocycles. The third-order valence-electron chi connectivity index (χ3n) is 5.47. The van der Waals surface area contributed by atoms with E-state index in [9.17, 15) is 0 Å². The van der Waals surface area contributed by atoms with Crippen molar-refractivity contribution in [3.05, 3.63) is 35.3 Å². The summed E-state index contributed by atoms with van der Waals surface area (Å²) in [5.74, 6) is 1.93. The molecule has 2 atom stereocenters. The monoisotopic (exact) mass is 330 g/mol. The van der Waals surface area contributed by atoms with E-state index in [-0.39, 0.29) is 0 Å².